The molecule has 2 N–H and O–H groups in total. The highest BCUT2D eigenvalue weighted by atomic mass is 16.1. The van der Waals surface area contributed by atoms with E-state index >= 15 is 0 Å². The Bertz CT molecular complexity index is 971. The minimum absolute atomic E-state index is 0.284. The van der Waals surface area contributed by atoms with E-state index in [0.29, 0.717) is 11.2 Å². The third-order valence-corrected chi connectivity index (χ3v) is 3.23. The van der Waals surface area contributed by atoms with Gasteiger partial charge in [-0.25, -0.2) is 4.79 Å². The summed E-state index contributed by atoms with van der Waals surface area (Å²) >= 11 is 0. The molecule has 0 aliphatic heterocycles. The molecule has 20 heavy (non-hydrogen) atoms. The first-order valence-electron chi connectivity index (χ1n) is 6.10. The molecule has 3 aromatic heterocycles. The molecule has 0 amide bonds. The van der Waals surface area contributed by atoms with Crippen LogP contribution in [0.3, 0.4) is 0 Å². The van der Waals surface area contributed by atoms with Gasteiger partial charge in [0.25, 0.3) is 0 Å². The van der Waals surface area contributed by atoms with Gasteiger partial charge in [-0.3, -0.25) is 9.97 Å². The van der Waals surface area contributed by atoms with Gasteiger partial charge >= 0.3 is 5.69 Å². The van der Waals surface area contributed by atoms with Crippen LogP contribution in [-0.4, -0.2) is 25.1 Å². The van der Waals surface area contributed by atoms with Crippen LogP contribution in [0.1, 0.15) is 0 Å². The number of fused-ring (bicyclic) bond motifs is 3. The fraction of sp³-hybridized carbons (Fsp3) is 0. The molecule has 4 rings (SSSR count). The van der Waals surface area contributed by atoms with Crippen molar-refractivity contribution >= 4 is 22.1 Å². The average molecular weight is 263 g/mol. The third kappa shape index (κ3) is 1.58. The van der Waals surface area contributed by atoms with Gasteiger partial charge in [0.2, 0.25) is 0 Å². The van der Waals surface area contributed by atoms with Crippen molar-refractivity contribution in [1.82, 2.24) is 25.1 Å². The first-order chi connectivity index (χ1) is 9.81. The summed E-state index contributed by atoms with van der Waals surface area (Å²) in [6.07, 6.45) is 3.53. The number of aromatic amines is 2. The van der Waals surface area contributed by atoms with E-state index < -0.39 is 0 Å². The van der Waals surface area contributed by atoms with Crippen molar-refractivity contribution in [3.05, 3.63) is 53.2 Å². The van der Waals surface area contributed by atoms with Gasteiger partial charge in [0.15, 0.2) is 5.65 Å². The van der Waals surface area contributed by atoms with Crippen LogP contribution in [0.2, 0.25) is 0 Å². The van der Waals surface area contributed by atoms with Crippen molar-refractivity contribution in [1.29, 1.82) is 0 Å². The fourth-order valence-corrected chi connectivity index (χ4v) is 2.28. The third-order valence-electron chi connectivity index (χ3n) is 3.23. The van der Waals surface area contributed by atoms with Crippen LogP contribution < -0.4 is 5.69 Å². The van der Waals surface area contributed by atoms with Crippen LogP contribution in [0.4, 0.5) is 0 Å². The lowest BCUT2D eigenvalue weighted by molar-refractivity contribution is 1.09. The molecule has 0 aliphatic rings. The van der Waals surface area contributed by atoms with Gasteiger partial charge in [0, 0.05) is 23.3 Å². The maximum absolute atomic E-state index is 11.4. The van der Waals surface area contributed by atoms with Crippen molar-refractivity contribution < 1.29 is 0 Å². The normalized spacial score (nSPS) is 11.2. The van der Waals surface area contributed by atoms with Gasteiger partial charge < -0.3 is 4.98 Å². The summed E-state index contributed by atoms with van der Waals surface area (Å²) in [6, 6.07) is 9.70. The molecule has 6 nitrogen and oxygen atoms in total. The van der Waals surface area contributed by atoms with Crippen molar-refractivity contribution in [3.8, 4) is 11.1 Å². The molecule has 0 fully saturated rings. The number of benzene rings is 1. The Balaban J connectivity index is 2.07. The van der Waals surface area contributed by atoms with Gasteiger partial charge in [-0.15, -0.1) is 10.2 Å². The summed E-state index contributed by atoms with van der Waals surface area (Å²) in [5.41, 5.74) is 3.62. The summed E-state index contributed by atoms with van der Waals surface area (Å²) in [4.78, 5) is 20.9. The quantitative estimate of drug-likeness (QED) is 0.548. The molecule has 1 aromatic carbocycles. The molecule has 0 unspecified atom stereocenters. The monoisotopic (exact) mass is 263 g/mol. The fourth-order valence-electron chi connectivity index (χ4n) is 2.28. The van der Waals surface area contributed by atoms with E-state index in [1.807, 2.05) is 30.3 Å². The number of hydrogen-bond acceptors (Lipinski definition) is 4. The Kier molecular flexibility index (Phi) is 2.17. The number of nitrogens with zero attached hydrogens (tertiary/aromatic N) is 3. The summed E-state index contributed by atoms with van der Waals surface area (Å²) in [7, 11) is 0. The number of aromatic nitrogens is 5. The molecule has 0 bridgehead atoms. The highest BCUT2D eigenvalue weighted by Crippen LogP contribution is 2.25. The standard InChI is InChI=1S/C14H9N5O/c20-14-16-12-10-6-8(9-2-1-5-15-7-9)3-4-11(10)18-19-13(12)17-14/h1-7H,(H2,16,17,19,20). The zero-order valence-corrected chi connectivity index (χ0v) is 10.3. The first kappa shape index (κ1) is 10.9. The van der Waals surface area contributed by atoms with Crippen molar-refractivity contribution in [3.63, 3.8) is 0 Å². The maximum atomic E-state index is 11.4. The zero-order chi connectivity index (χ0) is 13.5. The topological polar surface area (TPSA) is 87.3 Å². The molecule has 4 aromatic rings. The highest BCUT2D eigenvalue weighted by molar-refractivity contribution is 6.01. The van der Waals surface area contributed by atoms with Crippen LogP contribution in [-0.2, 0) is 0 Å². The van der Waals surface area contributed by atoms with Gasteiger partial charge in [0.1, 0.15) is 0 Å². The minimum Gasteiger partial charge on any atom is -0.304 e. The SMILES string of the molecule is O=c1[nH]c2nnc3ccc(-c4cccnc4)cc3c2[nH]1. The summed E-state index contributed by atoms with van der Waals surface area (Å²) in [5.74, 6) is 0. The van der Waals surface area contributed by atoms with Crippen molar-refractivity contribution in [2.24, 2.45) is 0 Å². The lowest BCUT2D eigenvalue weighted by Gasteiger charge is -2.03. The van der Waals surface area contributed by atoms with Gasteiger partial charge in [-0.05, 0) is 23.8 Å². The van der Waals surface area contributed by atoms with Crippen LogP contribution >= 0.6 is 0 Å². The molecule has 0 aliphatic carbocycles. The van der Waals surface area contributed by atoms with Crippen molar-refractivity contribution in [2.45, 2.75) is 0 Å². The second-order valence-corrected chi connectivity index (χ2v) is 4.48. The first-order valence-corrected chi connectivity index (χ1v) is 6.10. The second kappa shape index (κ2) is 3.99. The number of rotatable bonds is 1. The number of nitrogens with one attached hydrogen (secondary N) is 2. The summed E-state index contributed by atoms with van der Waals surface area (Å²) in [6.45, 7) is 0. The molecule has 0 spiro atoms. The Morgan fingerprint density at radius 3 is 2.80 bits per heavy atom. The van der Waals surface area contributed by atoms with E-state index in [1.54, 1.807) is 12.4 Å². The molecular weight excluding hydrogens is 254 g/mol. The van der Waals surface area contributed by atoms with Gasteiger partial charge in [-0.2, -0.15) is 0 Å². The van der Waals surface area contributed by atoms with Crippen LogP contribution in [0, 0.1) is 0 Å². The largest absolute Gasteiger partial charge is 0.325 e. The lowest BCUT2D eigenvalue weighted by Crippen LogP contribution is -1.99. The van der Waals surface area contributed by atoms with E-state index in [9.17, 15) is 4.79 Å². The molecule has 0 atom stereocenters. The molecule has 6 heteroatoms. The maximum Gasteiger partial charge on any atom is 0.325 e. The van der Waals surface area contributed by atoms with E-state index in [-0.39, 0.29) is 5.69 Å². The second-order valence-electron chi connectivity index (χ2n) is 4.48. The highest BCUT2D eigenvalue weighted by Gasteiger charge is 2.08. The number of pyridine rings is 1. The predicted molar refractivity (Wildman–Crippen MR) is 75.2 cm³/mol. The molecule has 96 valence electrons. The van der Waals surface area contributed by atoms with Crippen LogP contribution in [0.25, 0.3) is 33.2 Å². The van der Waals surface area contributed by atoms with Gasteiger partial charge in [-0.1, -0.05) is 12.1 Å². The number of H-pyrrole nitrogens is 2. The smallest absolute Gasteiger partial charge is 0.304 e. The molecule has 0 radical (unpaired) electrons. The summed E-state index contributed by atoms with van der Waals surface area (Å²) in [5, 5.41) is 8.94. The Labute approximate surface area is 112 Å². The molecule has 0 saturated heterocycles. The van der Waals surface area contributed by atoms with E-state index in [2.05, 4.69) is 25.1 Å². The van der Waals surface area contributed by atoms with E-state index in [4.69, 9.17) is 0 Å². The van der Waals surface area contributed by atoms with Crippen LogP contribution in [0.15, 0.2) is 47.5 Å². The minimum atomic E-state index is -0.284. The van der Waals surface area contributed by atoms with E-state index in [0.717, 1.165) is 22.0 Å². The van der Waals surface area contributed by atoms with Gasteiger partial charge in [0.05, 0.1) is 11.0 Å². The molecule has 3 heterocycles. The Morgan fingerprint density at radius 1 is 1.00 bits per heavy atom. The predicted octanol–water partition coefficient (Wildman–Crippen LogP) is 1.86. The average Bonchev–Trinajstić information content (AvgIpc) is 2.88. The molecule has 0 saturated carbocycles. The molecular formula is C14H9N5O. The number of hydrogen-bond donors (Lipinski definition) is 2. The van der Waals surface area contributed by atoms with Crippen molar-refractivity contribution in [2.75, 3.05) is 0 Å². The number of imidazole rings is 1. The summed E-state index contributed by atoms with van der Waals surface area (Å²) < 4.78 is 0. The van der Waals surface area contributed by atoms with Crippen LogP contribution in [0.5, 0.6) is 0 Å². The Hall–Kier alpha value is -3.02. The Morgan fingerprint density at radius 2 is 1.95 bits per heavy atom. The zero-order valence-electron chi connectivity index (χ0n) is 10.3. The van der Waals surface area contributed by atoms with E-state index in [1.165, 1.54) is 0 Å². The lowest BCUT2D eigenvalue weighted by atomic mass is 10.1.